The van der Waals surface area contributed by atoms with E-state index >= 15 is 0 Å². The van der Waals surface area contributed by atoms with E-state index in [9.17, 15) is 5.11 Å². The molecule has 0 saturated heterocycles. The molecule has 112 valence electrons. The highest BCUT2D eigenvalue weighted by Crippen LogP contribution is 2.51. The van der Waals surface area contributed by atoms with Gasteiger partial charge in [0.25, 0.3) is 0 Å². The van der Waals surface area contributed by atoms with E-state index in [1.165, 1.54) is 64.2 Å². The molecule has 2 saturated carbocycles. The molecule has 0 amide bonds. The van der Waals surface area contributed by atoms with Crippen molar-refractivity contribution in [2.45, 2.75) is 91.1 Å². The van der Waals surface area contributed by atoms with Crippen molar-refractivity contribution in [1.82, 2.24) is 0 Å². The van der Waals surface area contributed by atoms with Crippen molar-refractivity contribution in [2.24, 2.45) is 23.2 Å². The standard InChI is InChI=1S/C18H34O/c1-4-15-9-5-6-10-16(15)17(19)18(13-14(2)3)11-7-8-12-18/h14-17,19H,4-13H2,1-3H3. The van der Waals surface area contributed by atoms with E-state index in [4.69, 9.17) is 0 Å². The molecular weight excluding hydrogens is 232 g/mol. The van der Waals surface area contributed by atoms with Crippen LogP contribution in [0.3, 0.4) is 0 Å². The van der Waals surface area contributed by atoms with Crippen LogP contribution in [0.25, 0.3) is 0 Å². The summed E-state index contributed by atoms with van der Waals surface area (Å²) in [6.07, 6.45) is 13.1. The summed E-state index contributed by atoms with van der Waals surface area (Å²) >= 11 is 0. The Hall–Kier alpha value is -0.0400. The van der Waals surface area contributed by atoms with Gasteiger partial charge in [0.2, 0.25) is 0 Å². The van der Waals surface area contributed by atoms with E-state index in [1.54, 1.807) is 0 Å². The molecule has 0 aliphatic heterocycles. The van der Waals surface area contributed by atoms with Crippen molar-refractivity contribution in [2.75, 3.05) is 0 Å². The Labute approximate surface area is 120 Å². The second kappa shape index (κ2) is 6.61. The Bertz CT molecular complexity index is 265. The van der Waals surface area contributed by atoms with Gasteiger partial charge in [-0.2, -0.15) is 0 Å². The summed E-state index contributed by atoms with van der Waals surface area (Å²) in [6.45, 7) is 6.97. The average molecular weight is 266 g/mol. The van der Waals surface area contributed by atoms with Crippen LogP contribution >= 0.6 is 0 Å². The van der Waals surface area contributed by atoms with Crippen LogP contribution in [-0.2, 0) is 0 Å². The Morgan fingerprint density at radius 3 is 2.26 bits per heavy atom. The van der Waals surface area contributed by atoms with Crippen molar-refractivity contribution >= 4 is 0 Å². The van der Waals surface area contributed by atoms with Gasteiger partial charge in [-0.05, 0) is 48.9 Å². The van der Waals surface area contributed by atoms with E-state index in [2.05, 4.69) is 20.8 Å². The Kier molecular flexibility index (Phi) is 5.34. The van der Waals surface area contributed by atoms with E-state index < -0.39 is 0 Å². The highest BCUT2D eigenvalue weighted by Gasteiger charge is 2.46. The second-order valence-electron chi connectivity index (χ2n) is 7.73. The van der Waals surface area contributed by atoms with Gasteiger partial charge in [-0.3, -0.25) is 0 Å². The van der Waals surface area contributed by atoms with E-state index in [0.717, 1.165) is 11.8 Å². The maximum Gasteiger partial charge on any atom is 0.0627 e. The molecule has 0 aromatic carbocycles. The lowest BCUT2D eigenvalue weighted by atomic mass is 9.64. The number of hydrogen-bond acceptors (Lipinski definition) is 1. The predicted octanol–water partition coefficient (Wildman–Crippen LogP) is 5.17. The lowest BCUT2D eigenvalue weighted by Crippen LogP contribution is -2.43. The van der Waals surface area contributed by atoms with Gasteiger partial charge in [0.1, 0.15) is 0 Å². The van der Waals surface area contributed by atoms with E-state index in [-0.39, 0.29) is 11.5 Å². The summed E-state index contributed by atoms with van der Waals surface area (Å²) in [5.41, 5.74) is 0.267. The second-order valence-corrected chi connectivity index (χ2v) is 7.73. The third kappa shape index (κ3) is 3.35. The first kappa shape index (κ1) is 15.4. The zero-order valence-electron chi connectivity index (χ0n) is 13.3. The molecule has 3 unspecified atom stereocenters. The SMILES string of the molecule is CCC1CCCCC1C(O)C1(CC(C)C)CCCC1. The van der Waals surface area contributed by atoms with Crippen LogP contribution < -0.4 is 0 Å². The number of rotatable bonds is 5. The van der Waals surface area contributed by atoms with Crippen LogP contribution in [-0.4, -0.2) is 11.2 Å². The minimum atomic E-state index is -0.0253. The molecule has 2 aliphatic carbocycles. The summed E-state index contributed by atoms with van der Waals surface area (Å²) in [7, 11) is 0. The van der Waals surface area contributed by atoms with E-state index in [0.29, 0.717) is 5.92 Å². The smallest absolute Gasteiger partial charge is 0.0627 e. The lowest BCUT2D eigenvalue weighted by molar-refractivity contribution is -0.0588. The van der Waals surface area contributed by atoms with Gasteiger partial charge < -0.3 is 5.11 Å². The summed E-state index contributed by atoms with van der Waals surface area (Å²) in [5.74, 6) is 2.10. The molecule has 0 bridgehead atoms. The first-order valence-electron chi connectivity index (χ1n) is 8.77. The zero-order chi connectivity index (χ0) is 13.9. The Balaban J connectivity index is 2.11. The number of aliphatic hydroxyl groups excluding tert-OH is 1. The van der Waals surface area contributed by atoms with Crippen LogP contribution in [0.1, 0.15) is 85.0 Å². The summed E-state index contributed by atoms with van der Waals surface area (Å²) in [5, 5.41) is 11.2. The minimum absolute atomic E-state index is 0.0253. The maximum absolute atomic E-state index is 11.2. The van der Waals surface area contributed by atoms with Gasteiger partial charge in [0.05, 0.1) is 6.10 Å². The van der Waals surface area contributed by atoms with Crippen molar-refractivity contribution in [1.29, 1.82) is 0 Å². The molecule has 0 radical (unpaired) electrons. The molecule has 0 heterocycles. The molecule has 3 atom stereocenters. The summed E-state index contributed by atoms with van der Waals surface area (Å²) in [6, 6.07) is 0. The largest absolute Gasteiger partial charge is 0.392 e. The van der Waals surface area contributed by atoms with Crippen LogP contribution in [0, 0.1) is 23.2 Å². The molecule has 0 aromatic rings. The van der Waals surface area contributed by atoms with Gasteiger partial charge >= 0.3 is 0 Å². The van der Waals surface area contributed by atoms with Crippen molar-refractivity contribution < 1.29 is 5.11 Å². The fraction of sp³-hybridized carbons (Fsp3) is 1.00. The molecule has 2 fully saturated rings. The maximum atomic E-state index is 11.2. The van der Waals surface area contributed by atoms with Gasteiger partial charge in [-0.25, -0.2) is 0 Å². The molecule has 19 heavy (non-hydrogen) atoms. The molecule has 0 aromatic heterocycles. The van der Waals surface area contributed by atoms with Gasteiger partial charge in [-0.15, -0.1) is 0 Å². The normalized spacial score (nSPS) is 32.7. The Morgan fingerprint density at radius 1 is 1.05 bits per heavy atom. The quantitative estimate of drug-likeness (QED) is 0.728. The molecule has 1 nitrogen and oxygen atoms in total. The van der Waals surface area contributed by atoms with Gasteiger partial charge in [-0.1, -0.05) is 59.3 Å². The monoisotopic (exact) mass is 266 g/mol. The lowest BCUT2D eigenvalue weighted by Gasteiger charge is -2.44. The molecule has 2 aliphatic rings. The minimum Gasteiger partial charge on any atom is -0.392 e. The fourth-order valence-electron chi connectivity index (χ4n) is 5.13. The van der Waals surface area contributed by atoms with Gasteiger partial charge in [0.15, 0.2) is 0 Å². The highest BCUT2D eigenvalue weighted by molar-refractivity contribution is 4.96. The van der Waals surface area contributed by atoms with Crippen LogP contribution in [0.4, 0.5) is 0 Å². The van der Waals surface area contributed by atoms with Crippen LogP contribution in [0.2, 0.25) is 0 Å². The van der Waals surface area contributed by atoms with Crippen molar-refractivity contribution in [3.05, 3.63) is 0 Å². The zero-order valence-corrected chi connectivity index (χ0v) is 13.3. The van der Waals surface area contributed by atoms with Crippen molar-refractivity contribution in [3.63, 3.8) is 0 Å². The first-order valence-corrected chi connectivity index (χ1v) is 8.77. The highest BCUT2D eigenvalue weighted by atomic mass is 16.3. The number of hydrogen-bond donors (Lipinski definition) is 1. The third-order valence-electron chi connectivity index (χ3n) is 5.94. The number of aliphatic hydroxyl groups is 1. The molecular formula is C18H34O. The summed E-state index contributed by atoms with van der Waals surface area (Å²) in [4.78, 5) is 0. The molecule has 1 heteroatoms. The van der Waals surface area contributed by atoms with Crippen LogP contribution in [0.5, 0.6) is 0 Å². The van der Waals surface area contributed by atoms with Crippen LogP contribution in [0.15, 0.2) is 0 Å². The van der Waals surface area contributed by atoms with Gasteiger partial charge in [0, 0.05) is 0 Å². The Morgan fingerprint density at radius 2 is 1.68 bits per heavy atom. The summed E-state index contributed by atoms with van der Waals surface area (Å²) < 4.78 is 0. The third-order valence-corrected chi connectivity index (χ3v) is 5.94. The molecule has 1 N–H and O–H groups in total. The van der Waals surface area contributed by atoms with E-state index in [1.807, 2.05) is 0 Å². The van der Waals surface area contributed by atoms with Crippen molar-refractivity contribution in [3.8, 4) is 0 Å². The topological polar surface area (TPSA) is 20.2 Å². The predicted molar refractivity (Wildman–Crippen MR) is 82.1 cm³/mol. The molecule has 2 rings (SSSR count). The molecule has 0 spiro atoms. The fourth-order valence-corrected chi connectivity index (χ4v) is 5.13. The first-order chi connectivity index (χ1) is 9.09. The average Bonchev–Trinajstić information content (AvgIpc) is 2.86.